The maximum atomic E-state index is 12.0. The van der Waals surface area contributed by atoms with E-state index in [1.54, 1.807) is 0 Å². The summed E-state index contributed by atoms with van der Waals surface area (Å²) >= 11 is 5.62. The molecule has 0 N–H and O–H groups in total. The van der Waals surface area contributed by atoms with Crippen LogP contribution < -0.4 is 17.1 Å². The fourth-order valence-corrected chi connectivity index (χ4v) is 1.68. The number of rotatable bonds is 6. The van der Waals surface area contributed by atoms with E-state index < -0.39 is 17.1 Å². The van der Waals surface area contributed by atoms with Gasteiger partial charge in [-0.1, -0.05) is 30.3 Å². The highest BCUT2D eigenvalue weighted by molar-refractivity contribution is 6.29. The molecule has 7 heteroatoms. The van der Waals surface area contributed by atoms with Crippen molar-refractivity contribution in [3.05, 3.63) is 68.4 Å². The minimum atomic E-state index is -0.739. The first-order chi connectivity index (χ1) is 8.93. The van der Waals surface area contributed by atoms with Gasteiger partial charge in [-0.25, -0.2) is 28.1 Å². The van der Waals surface area contributed by atoms with E-state index in [9.17, 15) is 14.4 Å². The van der Waals surface area contributed by atoms with Crippen molar-refractivity contribution < 1.29 is 0 Å². The number of halogens is 1. The molecule has 102 valence electrons. The lowest BCUT2D eigenvalue weighted by Gasteiger charge is -2.11. The first kappa shape index (κ1) is 15.0. The average molecular weight is 284 g/mol. The molecular weight excluding hydrogens is 270 g/mol. The van der Waals surface area contributed by atoms with Gasteiger partial charge in [0, 0.05) is 5.03 Å². The van der Waals surface area contributed by atoms with Crippen molar-refractivity contribution in [2.45, 2.75) is 19.6 Å². The van der Waals surface area contributed by atoms with Crippen LogP contribution >= 0.6 is 11.6 Å². The highest BCUT2D eigenvalue weighted by Crippen LogP contribution is 1.96. The first-order valence-electron chi connectivity index (χ1n) is 5.43. The Balaban J connectivity index is 3.73. The lowest BCUT2D eigenvalue weighted by molar-refractivity contribution is 0.500. The smallest absolute Gasteiger partial charge is 0.247 e. The quantitative estimate of drug-likeness (QED) is 0.705. The van der Waals surface area contributed by atoms with Gasteiger partial charge in [0.1, 0.15) is 0 Å². The van der Waals surface area contributed by atoms with E-state index >= 15 is 0 Å². The molecule has 0 spiro atoms. The molecule has 0 bridgehead atoms. The zero-order valence-corrected chi connectivity index (χ0v) is 11.1. The van der Waals surface area contributed by atoms with Gasteiger partial charge < -0.3 is 0 Å². The van der Waals surface area contributed by atoms with Crippen molar-refractivity contribution in [3.63, 3.8) is 0 Å². The van der Waals surface area contributed by atoms with E-state index in [1.165, 1.54) is 12.2 Å². The van der Waals surface area contributed by atoms with Crippen LogP contribution in [0.15, 0.2) is 51.3 Å². The zero-order chi connectivity index (χ0) is 14.6. The molecule has 0 atom stereocenters. The van der Waals surface area contributed by atoms with Gasteiger partial charge in [0.15, 0.2) is 0 Å². The third-order valence-corrected chi connectivity index (χ3v) is 2.46. The fraction of sp³-hybridized carbons (Fsp3) is 0.250. The second-order valence-electron chi connectivity index (χ2n) is 3.75. The van der Waals surface area contributed by atoms with Crippen LogP contribution in [-0.4, -0.2) is 13.7 Å². The predicted molar refractivity (Wildman–Crippen MR) is 74.6 cm³/mol. The topological polar surface area (TPSA) is 66.0 Å². The molecule has 19 heavy (non-hydrogen) atoms. The van der Waals surface area contributed by atoms with E-state index in [2.05, 4.69) is 19.7 Å². The molecule has 0 fully saturated rings. The van der Waals surface area contributed by atoms with Crippen LogP contribution in [0.25, 0.3) is 0 Å². The van der Waals surface area contributed by atoms with Crippen LogP contribution in [0.5, 0.6) is 0 Å². The van der Waals surface area contributed by atoms with Gasteiger partial charge in [0.25, 0.3) is 0 Å². The van der Waals surface area contributed by atoms with E-state index in [0.717, 1.165) is 13.7 Å². The van der Waals surface area contributed by atoms with Crippen LogP contribution in [0.1, 0.15) is 0 Å². The van der Waals surface area contributed by atoms with Crippen molar-refractivity contribution in [3.8, 4) is 0 Å². The van der Waals surface area contributed by atoms with Crippen LogP contribution in [0, 0.1) is 0 Å². The Kier molecular flexibility index (Phi) is 4.88. The normalized spacial score (nSPS) is 10.2. The Hall–Kier alpha value is -2.08. The van der Waals surface area contributed by atoms with E-state index in [4.69, 9.17) is 11.6 Å². The molecular formula is C12H14ClN3O3. The lowest BCUT2D eigenvalue weighted by atomic mass is 10.5. The Labute approximate surface area is 114 Å². The van der Waals surface area contributed by atoms with Crippen molar-refractivity contribution in [1.82, 2.24) is 13.7 Å². The monoisotopic (exact) mass is 283 g/mol. The SMILES string of the molecule is C=CCn1c(=O)n(CC=C)c(=O)n(CC(=C)Cl)c1=O. The minimum absolute atomic E-state index is 0.00382. The number of aromatic nitrogens is 3. The van der Waals surface area contributed by atoms with Gasteiger partial charge in [-0.05, 0) is 0 Å². The molecule has 0 aliphatic heterocycles. The second kappa shape index (κ2) is 6.19. The molecule has 6 nitrogen and oxygen atoms in total. The zero-order valence-electron chi connectivity index (χ0n) is 10.3. The van der Waals surface area contributed by atoms with Crippen LogP contribution in [0.4, 0.5) is 0 Å². The van der Waals surface area contributed by atoms with Crippen molar-refractivity contribution in [1.29, 1.82) is 0 Å². The molecule has 0 saturated heterocycles. The molecule has 0 aliphatic carbocycles. The maximum Gasteiger partial charge on any atom is 0.336 e. The summed E-state index contributed by atoms with van der Waals surface area (Å²) in [4.78, 5) is 36.1. The lowest BCUT2D eigenvalue weighted by Crippen LogP contribution is -2.54. The van der Waals surface area contributed by atoms with Crippen LogP contribution in [0.2, 0.25) is 0 Å². The Morgan fingerprint density at radius 3 is 1.63 bits per heavy atom. The molecule has 0 saturated carbocycles. The van der Waals surface area contributed by atoms with Gasteiger partial charge in [0.2, 0.25) is 0 Å². The van der Waals surface area contributed by atoms with Gasteiger partial charge in [-0.3, -0.25) is 0 Å². The van der Waals surface area contributed by atoms with Gasteiger partial charge in [-0.15, -0.1) is 13.2 Å². The van der Waals surface area contributed by atoms with E-state index in [1.807, 2.05) is 0 Å². The average Bonchev–Trinajstić information content (AvgIpc) is 2.35. The fourth-order valence-electron chi connectivity index (χ4n) is 1.56. The van der Waals surface area contributed by atoms with Gasteiger partial charge >= 0.3 is 17.1 Å². The number of hydrogen-bond acceptors (Lipinski definition) is 3. The maximum absolute atomic E-state index is 12.0. The van der Waals surface area contributed by atoms with Crippen molar-refractivity contribution >= 4 is 11.6 Å². The minimum Gasteiger partial charge on any atom is -0.247 e. The molecule has 0 aromatic carbocycles. The summed E-state index contributed by atoms with van der Waals surface area (Å²) in [5.41, 5.74) is -2.18. The Bertz CT molecular complexity index is 645. The summed E-state index contributed by atoms with van der Waals surface area (Å²) < 4.78 is 2.65. The van der Waals surface area contributed by atoms with Crippen LogP contribution in [0.3, 0.4) is 0 Å². The van der Waals surface area contributed by atoms with Gasteiger partial charge in [-0.2, -0.15) is 0 Å². The van der Waals surface area contributed by atoms with E-state index in [0.29, 0.717) is 0 Å². The third-order valence-electron chi connectivity index (χ3n) is 2.34. The number of hydrogen-bond donors (Lipinski definition) is 0. The Morgan fingerprint density at radius 1 is 0.947 bits per heavy atom. The molecule has 0 aliphatic rings. The summed E-state index contributed by atoms with van der Waals surface area (Å²) in [5, 5.41) is 0.119. The van der Waals surface area contributed by atoms with E-state index in [-0.39, 0.29) is 24.7 Å². The Morgan fingerprint density at radius 2 is 1.32 bits per heavy atom. The van der Waals surface area contributed by atoms with Gasteiger partial charge in [0.05, 0.1) is 19.6 Å². The molecule has 1 aromatic rings. The molecule has 1 rings (SSSR count). The molecule has 0 amide bonds. The first-order valence-corrected chi connectivity index (χ1v) is 5.81. The predicted octanol–water partition coefficient (Wildman–Crippen LogP) is 0.296. The second-order valence-corrected chi connectivity index (χ2v) is 4.28. The number of allylic oxidation sites excluding steroid dienone is 3. The third kappa shape index (κ3) is 3.03. The number of nitrogens with zero attached hydrogens (tertiary/aromatic N) is 3. The summed E-state index contributed by atoms with van der Waals surface area (Å²) in [6.45, 7) is 10.2. The molecule has 0 unspecified atom stereocenters. The highest BCUT2D eigenvalue weighted by atomic mass is 35.5. The summed E-state index contributed by atoms with van der Waals surface area (Å²) in [6.07, 6.45) is 2.79. The van der Waals surface area contributed by atoms with Crippen LogP contribution in [-0.2, 0) is 19.6 Å². The highest BCUT2D eigenvalue weighted by Gasteiger charge is 2.13. The molecule has 0 radical (unpaired) electrons. The summed E-state index contributed by atoms with van der Waals surface area (Å²) in [6, 6.07) is 0. The van der Waals surface area contributed by atoms with Crippen molar-refractivity contribution in [2.24, 2.45) is 0 Å². The molecule has 1 heterocycles. The largest absolute Gasteiger partial charge is 0.336 e. The summed E-state index contributed by atoms with van der Waals surface area (Å²) in [5.74, 6) is 0. The summed E-state index contributed by atoms with van der Waals surface area (Å²) in [7, 11) is 0. The van der Waals surface area contributed by atoms with Crippen molar-refractivity contribution in [2.75, 3.05) is 0 Å². The molecule has 1 aromatic heterocycles. The standard InChI is InChI=1S/C12H14ClN3O3/c1-4-6-14-10(17)15(7-5-2)12(19)16(11(14)18)8-9(3)13/h4-5H,1-3,6-8H2.